The summed E-state index contributed by atoms with van der Waals surface area (Å²) >= 11 is 1.48. The third-order valence-corrected chi connectivity index (χ3v) is 5.50. The molecule has 0 aliphatic carbocycles. The Labute approximate surface area is 169 Å². The number of likely N-dealkylation sites (tertiary alicyclic amines) is 1. The fourth-order valence-electron chi connectivity index (χ4n) is 3.13. The number of carbonyl (C=O) groups is 2. The lowest BCUT2D eigenvalue weighted by atomic mass is 9.91. The first-order chi connectivity index (χ1) is 13.3. The molecule has 0 atom stereocenters. The van der Waals surface area contributed by atoms with Crippen LogP contribution in [0.1, 0.15) is 39.3 Å². The number of nitrogens with zero attached hydrogens (tertiary/aromatic N) is 2. The number of hydrogen-bond donors (Lipinski definition) is 1. The lowest BCUT2D eigenvalue weighted by molar-refractivity contribution is -0.154. The van der Waals surface area contributed by atoms with E-state index in [1.54, 1.807) is 0 Å². The normalized spacial score (nSPS) is 15.3. The van der Waals surface area contributed by atoms with Gasteiger partial charge >= 0.3 is 5.97 Å². The van der Waals surface area contributed by atoms with Crippen LogP contribution in [-0.2, 0) is 20.9 Å². The van der Waals surface area contributed by atoms with Gasteiger partial charge in [-0.3, -0.25) is 9.59 Å². The Morgan fingerprint density at radius 2 is 1.89 bits per heavy atom. The van der Waals surface area contributed by atoms with Gasteiger partial charge in [0.2, 0.25) is 5.91 Å². The number of piperidine rings is 1. The Bertz CT molecular complexity index is 806. The molecule has 1 aromatic carbocycles. The number of carbonyl (C=O) groups excluding carboxylic acids is 2. The van der Waals surface area contributed by atoms with Gasteiger partial charge in [0, 0.05) is 29.6 Å². The van der Waals surface area contributed by atoms with Gasteiger partial charge in [-0.05, 0) is 25.0 Å². The van der Waals surface area contributed by atoms with Gasteiger partial charge in [-0.1, -0.05) is 39.0 Å². The third kappa shape index (κ3) is 5.32. The predicted octanol–water partition coefficient (Wildman–Crippen LogP) is 4.21. The van der Waals surface area contributed by atoms with E-state index in [0.717, 1.165) is 16.5 Å². The minimum Gasteiger partial charge on any atom is -0.459 e. The zero-order valence-electron chi connectivity index (χ0n) is 16.6. The highest BCUT2D eigenvalue weighted by Gasteiger charge is 2.33. The van der Waals surface area contributed by atoms with Crippen molar-refractivity contribution in [3.63, 3.8) is 0 Å². The Morgan fingerprint density at radius 1 is 1.21 bits per heavy atom. The van der Waals surface area contributed by atoms with Crippen LogP contribution in [0.5, 0.6) is 0 Å². The van der Waals surface area contributed by atoms with Crippen molar-refractivity contribution >= 4 is 34.0 Å². The van der Waals surface area contributed by atoms with Crippen LogP contribution < -0.4 is 5.32 Å². The van der Waals surface area contributed by atoms with Gasteiger partial charge in [0.05, 0.1) is 11.6 Å². The van der Waals surface area contributed by atoms with Crippen molar-refractivity contribution in [3.05, 3.63) is 41.4 Å². The minimum atomic E-state index is -0.385. The van der Waals surface area contributed by atoms with E-state index >= 15 is 0 Å². The molecule has 2 heterocycles. The van der Waals surface area contributed by atoms with E-state index in [9.17, 15) is 9.59 Å². The number of aromatic nitrogens is 1. The number of ether oxygens (including phenoxy) is 1. The molecular weight excluding hydrogens is 374 g/mol. The third-order valence-electron chi connectivity index (χ3n) is 4.70. The first-order valence-corrected chi connectivity index (χ1v) is 10.4. The molecule has 1 N–H and O–H groups in total. The molecule has 2 aromatic rings. The Hall–Kier alpha value is -2.41. The average Bonchev–Trinajstić information content (AvgIpc) is 3.13. The quantitative estimate of drug-likeness (QED) is 0.760. The van der Waals surface area contributed by atoms with Crippen LogP contribution in [0.15, 0.2) is 35.7 Å². The SMILES string of the molecule is CC(C)(C)C(=O)N1CCC(C(=O)OCc2csc(Nc3ccccc3)n2)CC1. The Morgan fingerprint density at radius 3 is 2.54 bits per heavy atom. The average molecular weight is 402 g/mol. The molecule has 0 spiro atoms. The van der Waals surface area contributed by atoms with Crippen molar-refractivity contribution < 1.29 is 14.3 Å². The highest BCUT2D eigenvalue weighted by Crippen LogP contribution is 2.25. The second-order valence-corrected chi connectivity index (χ2v) is 8.92. The van der Waals surface area contributed by atoms with E-state index in [1.807, 2.05) is 61.4 Å². The van der Waals surface area contributed by atoms with Crippen molar-refractivity contribution in [1.82, 2.24) is 9.88 Å². The van der Waals surface area contributed by atoms with Crippen LogP contribution >= 0.6 is 11.3 Å². The van der Waals surface area contributed by atoms with Crippen LogP contribution in [0.3, 0.4) is 0 Å². The molecule has 3 rings (SSSR count). The summed E-state index contributed by atoms with van der Waals surface area (Å²) in [6, 6.07) is 9.81. The minimum absolute atomic E-state index is 0.139. The van der Waals surface area contributed by atoms with Crippen LogP contribution in [-0.4, -0.2) is 34.8 Å². The summed E-state index contributed by atoms with van der Waals surface area (Å²) in [7, 11) is 0. The summed E-state index contributed by atoms with van der Waals surface area (Å²) in [6.07, 6.45) is 1.30. The molecule has 0 unspecified atom stereocenters. The summed E-state index contributed by atoms with van der Waals surface area (Å²) in [6.45, 7) is 7.15. The van der Waals surface area contributed by atoms with E-state index in [0.29, 0.717) is 25.9 Å². The molecule has 1 aliphatic heterocycles. The molecule has 1 aliphatic rings. The van der Waals surface area contributed by atoms with Crippen molar-refractivity contribution in [1.29, 1.82) is 0 Å². The number of benzene rings is 1. The monoisotopic (exact) mass is 401 g/mol. The molecule has 1 amide bonds. The van der Waals surface area contributed by atoms with Crippen LogP contribution in [0.25, 0.3) is 0 Å². The Kier molecular flexibility index (Phi) is 6.34. The van der Waals surface area contributed by atoms with E-state index < -0.39 is 0 Å². The summed E-state index contributed by atoms with van der Waals surface area (Å²) in [5, 5.41) is 5.89. The standard InChI is InChI=1S/C21H27N3O3S/c1-21(2,3)19(26)24-11-9-15(10-12-24)18(25)27-13-17-14-28-20(23-17)22-16-7-5-4-6-8-16/h4-8,14-15H,9-13H2,1-3H3,(H,22,23). The predicted molar refractivity (Wildman–Crippen MR) is 110 cm³/mol. The maximum Gasteiger partial charge on any atom is 0.309 e. The van der Waals surface area contributed by atoms with Gasteiger partial charge in [0.1, 0.15) is 6.61 Å². The highest BCUT2D eigenvalue weighted by atomic mass is 32.1. The number of nitrogens with one attached hydrogen (secondary N) is 1. The topological polar surface area (TPSA) is 71.5 Å². The first kappa shape index (κ1) is 20.3. The largest absolute Gasteiger partial charge is 0.459 e. The molecule has 1 aromatic heterocycles. The molecule has 6 nitrogen and oxygen atoms in total. The zero-order chi connectivity index (χ0) is 20.1. The summed E-state index contributed by atoms with van der Waals surface area (Å²) in [5.74, 6) is -0.210. The van der Waals surface area contributed by atoms with Crippen LogP contribution in [0.4, 0.5) is 10.8 Å². The van der Waals surface area contributed by atoms with Crippen molar-refractivity contribution in [2.75, 3.05) is 18.4 Å². The summed E-state index contributed by atoms with van der Waals surface area (Å²) in [4.78, 5) is 31.0. The lowest BCUT2D eigenvalue weighted by Crippen LogP contribution is -2.45. The summed E-state index contributed by atoms with van der Waals surface area (Å²) < 4.78 is 5.47. The molecule has 7 heteroatoms. The number of esters is 1. The maximum atomic E-state index is 12.4. The number of anilines is 2. The first-order valence-electron chi connectivity index (χ1n) is 9.55. The zero-order valence-corrected chi connectivity index (χ0v) is 17.4. The van der Waals surface area contributed by atoms with Crippen molar-refractivity contribution in [2.24, 2.45) is 11.3 Å². The lowest BCUT2D eigenvalue weighted by Gasteiger charge is -2.34. The second kappa shape index (κ2) is 8.73. The van der Waals surface area contributed by atoms with Crippen LogP contribution in [0.2, 0.25) is 0 Å². The maximum absolute atomic E-state index is 12.4. The van der Waals surface area contributed by atoms with Gasteiger partial charge in [-0.25, -0.2) is 4.98 Å². The van der Waals surface area contributed by atoms with Gasteiger partial charge in [-0.2, -0.15) is 0 Å². The molecule has 1 fully saturated rings. The smallest absolute Gasteiger partial charge is 0.309 e. The van der Waals surface area contributed by atoms with E-state index in [-0.39, 0.29) is 29.8 Å². The molecular formula is C21H27N3O3S. The number of thiazole rings is 1. The van der Waals surface area contributed by atoms with Crippen LogP contribution in [0, 0.1) is 11.3 Å². The molecule has 0 saturated carbocycles. The number of para-hydroxylation sites is 1. The van der Waals surface area contributed by atoms with Gasteiger partial charge in [0.25, 0.3) is 0 Å². The number of rotatable bonds is 5. The molecule has 1 saturated heterocycles. The molecule has 0 radical (unpaired) electrons. The van der Waals surface area contributed by atoms with Gasteiger partial charge < -0.3 is 15.0 Å². The van der Waals surface area contributed by atoms with E-state index in [1.165, 1.54) is 11.3 Å². The fourth-order valence-corrected chi connectivity index (χ4v) is 3.85. The highest BCUT2D eigenvalue weighted by molar-refractivity contribution is 7.13. The van der Waals surface area contributed by atoms with Crippen molar-refractivity contribution in [3.8, 4) is 0 Å². The second-order valence-electron chi connectivity index (χ2n) is 8.06. The number of hydrogen-bond acceptors (Lipinski definition) is 6. The Balaban J connectivity index is 1.44. The van der Waals surface area contributed by atoms with Crippen molar-refractivity contribution in [2.45, 2.75) is 40.2 Å². The molecule has 0 bridgehead atoms. The fraction of sp³-hybridized carbons (Fsp3) is 0.476. The van der Waals surface area contributed by atoms with E-state index in [4.69, 9.17) is 4.74 Å². The number of amides is 1. The summed E-state index contributed by atoms with van der Waals surface area (Å²) in [5.41, 5.74) is 1.32. The van der Waals surface area contributed by atoms with E-state index in [2.05, 4.69) is 10.3 Å². The molecule has 150 valence electrons. The van der Waals surface area contributed by atoms with Gasteiger partial charge in [0.15, 0.2) is 5.13 Å². The van der Waals surface area contributed by atoms with Gasteiger partial charge in [-0.15, -0.1) is 11.3 Å². The molecule has 28 heavy (non-hydrogen) atoms.